The van der Waals surface area contributed by atoms with Crippen LogP contribution >= 0.6 is 0 Å². The molecule has 0 fully saturated rings. The van der Waals surface area contributed by atoms with Crippen LogP contribution in [-0.2, 0) is 17.8 Å². The van der Waals surface area contributed by atoms with Crippen LogP contribution in [-0.4, -0.2) is 51.4 Å². The molecule has 2 aromatic rings. The summed E-state index contributed by atoms with van der Waals surface area (Å²) >= 11 is 0. The van der Waals surface area contributed by atoms with Gasteiger partial charge in [-0.2, -0.15) is 0 Å². The Morgan fingerprint density at radius 2 is 1.93 bits per heavy atom. The molecule has 1 aromatic heterocycles. The zero-order chi connectivity index (χ0) is 21.8. The number of aryl methyl sites for hydroxylation is 1. The van der Waals surface area contributed by atoms with Crippen LogP contribution in [0.2, 0.25) is 0 Å². The summed E-state index contributed by atoms with van der Waals surface area (Å²) in [6.45, 7) is 9.91. The third-order valence-corrected chi connectivity index (χ3v) is 4.39. The summed E-state index contributed by atoms with van der Waals surface area (Å²) in [4.78, 5) is 11.1. The molecule has 0 atom stereocenters. The monoisotopic (exact) mass is 413 g/mol. The Labute approximate surface area is 180 Å². The molecule has 0 radical (unpaired) electrons. The molecule has 164 valence electrons. The number of nitrogens with zero attached hydrogens (tertiary/aromatic N) is 3. The largest absolute Gasteiger partial charge is 0.491 e. The molecular weight excluding hydrogens is 378 g/mol. The predicted octanol–water partition coefficient (Wildman–Crippen LogP) is 3.13. The second-order valence-electron chi connectivity index (χ2n) is 7.12. The quantitative estimate of drug-likeness (QED) is 0.335. The van der Waals surface area contributed by atoms with Crippen molar-refractivity contribution in [1.82, 2.24) is 15.6 Å². The fourth-order valence-corrected chi connectivity index (χ4v) is 2.79. The van der Waals surface area contributed by atoms with E-state index in [2.05, 4.69) is 53.7 Å². The molecule has 0 aliphatic rings. The van der Waals surface area contributed by atoms with Gasteiger partial charge in [0.05, 0.1) is 13.2 Å². The second-order valence-corrected chi connectivity index (χ2v) is 7.12. The summed E-state index contributed by atoms with van der Waals surface area (Å²) in [6.07, 6.45) is 1.82. The van der Waals surface area contributed by atoms with E-state index in [1.165, 1.54) is 5.56 Å². The van der Waals surface area contributed by atoms with E-state index in [-0.39, 0.29) is 0 Å². The summed E-state index contributed by atoms with van der Waals surface area (Å²) in [7, 11) is 3.97. The van der Waals surface area contributed by atoms with E-state index in [1.807, 2.05) is 38.2 Å². The molecule has 2 N–H and O–H groups in total. The van der Waals surface area contributed by atoms with Crippen molar-refractivity contribution >= 4 is 11.8 Å². The van der Waals surface area contributed by atoms with Gasteiger partial charge in [0.25, 0.3) is 0 Å². The van der Waals surface area contributed by atoms with Crippen LogP contribution in [0.15, 0.2) is 41.5 Å². The Kier molecular flexibility index (Phi) is 9.94. The number of guanidine groups is 1. The van der Waals surface area contributed by atoms with Crippen molar-refractivity contribution in [1.29, 1.82) is 0 Å². The minimum Gasteiger partial charge on any atom is -0.491 e. The molecular formula is C23H35N5O2. The summed E-state index contributed by atoms with van der Waals surface area (Å²) in [6, 6.07) is 10.3. The SMILES string of the molecule is CCNC(=NCc1ccnc(N(C)C)c1)NCc1ccc(C)cc1OCCOCC. The standard InChI is InChI=1S/C23H35N5O2/c1-6-24-23(26-16-19-10-11-25-22(15-19)28(4)5)27-17-20-9-8-18(3)14-21(20)30-13-12-29-7-2/h8-11,14-15H,6-7,12-13,16-17H2,1-5H3,(H2,24,26,27). The van der Waals surface area contributed by atoms with Crippen molar-refractivity contribution in [2.24, 2.45) is 4.99 Å². The van der Waals surface area contributed by atoms with E-state index in [0.717, 1.165) is 35.2 Å². The van der Waals surface area contributed by atoms with Crippen LogP contribution in [0.3, 0.4) is 0 Å². The average molecular weight is 414 g/mol. The minimum atomic E-state index is 0.536. The highest BCUT2D eigenvalue weighted by Gasteiger charge is 2.07. The zero-order valence-corrected chi connectivity index (χ0v) is 18.9. The Morgan fingerprint density at radius 3 is 2.67 bits per heavy atom. The van der Waals surface area contributed by atoms with Crippen molar-refractivity contribution in [2.45, 2.75) is 33.9 Å². The fourth-order valence-electron chi connectivity index (χ4n) is 2.79. The Morgan fingerprint density at radius 1 is 1.10 bits per heavy atom. The molecule has 0 saturated carbocycles. The highest BCUT2D eigenvalue weighted by molar-refractivity contribution is 5.79. The lowest BCUT2D eigenvalue weighted by Gasteiger charge is -2.16. The first-order valence-electron chi connectivity index (χ1n) is 10.5. The molecule has 0 unspecified atom stereocenters. The smallest absolute Gasteiger partial charge is 0.191 e. The lowest BCUT2D eigenvalue weighted by atomic mass is 10.1. The molecule has 7 nitrogen and oxygen atoms in total. The Balaban J connectivity index is 2.03. The van der Waals surface area contributed by atoms with Gasteiger partial charge in [-0.05, 0) is 50.1 Å². The van der Waals surface area contributed by atoms with Gasteiger partial charge in [-0.15, -0.1) is 0 Å². The van der Waals surface area contributed by atoms with Crippen molar-refractivity contribution < 1.29 is 9.47 Å². The fraction of sp³-hybridized carbons (Fsp3) is 0.478. The number of hydrogen-bond donors (Lipinski definition) is 2. The number of ether oxygens (including phenoxy) is 2. The lowest BCUT2D eigenvalue weighted by Crippen LogP contribution is -2.36. The van der Waals surface area contributed by atoms with Crippen LogP contribution < -0.4 is 20.3 Å². The summed E-state index contributed by atoms with van der Waals surface area (Å²) in [5, 5.41) is 6.71. The molecule has 0 amide bonds. The topological polar surface area (TPSA) is 71.0 Å². The van der Waals surface area contributed by atoms with E-state index in [4.69, 9.17) is 14.5 Å². The predicted molar refractivity (Wildman–Crippen MR) is 123 cm³/mol. The van der Waals surface area contributed by atoms with Gasteiger partial charge in [0, 0.05) is 45.6 Å². The molecule has 0 aliphatic carbocycles. The molecule has 0 saturated heterocycles. The maximum Gasteiger partial charge on any atom is 0.191 e. The van der Waals surface area contributed by atoms with Gasteiger partial charge in [-0.25, -0.2) is 9.98 Å². The van der Waals surface area contributed by atoms with Crippen LogP contribution in [0.25, 0.3) is 0 Å². The molecule has 2 rings (SSSR count). The lowest BCUT2D eigenvalue weighted by molar-refractivity contribution is 0.110. The second kappa shape index (κ2) is 12.7. The van der Waals surface area contributed by atoms with Gasteiger partial charge in [-0.1, -0.05) is 12.1 Å². The Bertz CT molecular complexity index is 808. The first-order valence-corrected chi connectivity index (χ1v) is 10.5. The number of nitrogens with one attached hydrogen (secondary N) is 2. The van der Waals surface area contributed by atoms with Crippen LogP contribution in [0.5, 0.6) is 5.75 Å². The normalized spacial score (nSPS) is 11.3. The number of benzene rings is 1. The molecule has 1 heterocycles. The maximum absolute atomic E-state index is 5.94. The van der Waals surface area contributed by atoms with Gasteiger partial charge in [-0.3, -0.25) is 0 Å². The van der Waals surface area contributed by atoms with Gasteiger partial charge >= 0.3 is 0 Å². The van der Waals surface area contributed by atoms with Crippen LogP contribution in [0, 0.1) is 6.92 Å². The van der Waals surface area contributed by atoms with Crippen molar-refractivity contribution in [2.75, 3.05) is 45.4 Å². The average Bonchev–Trinajstić information content (AvgIpc) is 2.74. The molecule has 0 aliphatic heterocycles. The van der Waals surface area contributed by atoms with E-state index in [1.54, 1.807) is 0 Å². The molecule has 7 heteroatoms. The van der Waals surface area contributed by atoms with E-state index >= 15 is 0 Å². The maximum atomic E-state index is 5.94. The number of hydrogen-bond acceptors (Lipinski definition) is 5. The van der Waals surface area contributed by atoms with Crippen LogP contribution in [0.4, 0.5) is 5.82 Å². The zero-order valence-electron chi connectivity index (χ0n) is 18.9. The summed E-state index contributed by atoms with van der Waals surface area (Å²) in [5.41, 5.74) is 3.36. The number of anilines is 1. The first-order chi connectivity index (χ1) is 14.5. The van der Waals surface area contributed by atoms with E-state index < -0.39 is 0 Å². The molecule has 30 heavy (non-hydrogen) atoms. The number of rotatable bonds is 11. The van der Waals surface area contributed by atoms with Crippen molar-refractivity contribution in [3.63, 3.8) is 0 Å². The van der Waals surface area contributed by atoms with Crippen LogP contribution in [0.1, 0.15) is 30.5 Å². The highest BCUT2D eigenvalue weighted by atomic mass is 16.5. The highest BCUT2D eigenvalue weighted by Crippen LogP contribution is 2.20. The van der Waals surface area contributed by atoms with Gasteiger partial charge < -0.3 is 25.0 Å². The molecule has 0 spiro atoms. The van der Waals surface area contributed by atoms with Crippen molar-refractivity contribution in [3.05, 3.63) is 53.2 Å². The summed E-state index contributed by atoms with van der Waals surface area (Å²) < 4.78 is 11.3. The molecule has 1 aromatic carbocycles. The number of aromatic nitrogens is 1. The third-order valence-electron chi connectivity index (χ3n) is 4.39. The van der Waals surface area contributed by atoms with Gasteiger partial charge in [0.2, 0.25) is 0 Å². The van der Waals surface area contributed by atoms with E-state index in [9.17, 15) is 0 Å². The Hall–Kier alpha value is -2.80. The number of aliphatic imine (C=N–C) groups is 1. The first kappa shape index (κ1) is 23.5. The molecule has 0 bridgehead atoms. The van der Waals surface area contributed by atoms with Crippen molar-refractivity contribution in [3.8, 4) is 5.75 Å². The minimum absolute atomic E-state index is 0.536. The summed E-state index contributed by atoms with van der Waals surface area (Å²) in [5.74, 6) is 2.57. The van der Waals surface area contributed by atoms with Gasteiger partial charge in [0.1, 0.15) is 18.2 Å². The number of pyridine rings is 1. The van der Waals surface area contributed by atoms with E-state index in [0.29, 0.717) is 32.9 Å². The van der Waals surface area contributed by atoms with Gasteiger partial charge in [0.15, 0.2) is 5.96 Å². The third kappa shape index (κ3) is 7.91.